The van der Waals surface area contributed by atoms with Crippen LogP contribution in [0.2, 0.25) is 0 Å². The Balaban J connectivity index is 1.74. The molecule has 1 saturated carbocycles. The molecule has 2 aromatic rings. The van der Waals surface area contributed by atoms with Gasteiger partial charge in [-0.25, -0.2) is 14.1 Å². The van der Waals surface area contributed by atoms with E-state index in [-0.39, 0.29) is 5.82 Å². The largest absolute Gasteiger partial charge is 0.307 e. The fraction of sp³-hybridized carbons (Fsp3) is 0.385. The number of benzene rings is 1. The molecule has 0 aliphatic heterocycles. The predicted molar refractivity (Wildman–Crippen MR) is 73.1 cm³/mol. The zero-order valence-corrected chi connectivity index (χ0v) is 11.9. The number of hydrogen-bond donors (Lipinski definition) is 1. The lowest BCUT2D eigenvalue weighted by molar-refractivity contribution is 0.554. The minimum absolute atomic E-state index is 0.222. The van der Waals surface area contributed by atoms with E-state index in [1.807, 2.05) is 0 Å². The van der Waals surface area contributed by atoms with E-state index in [2.05, 4.69) is 31.3 Å². The van der Waals surface area contributed by atoms with Gasteiger partial charge in [0.25, 0.3) is 0 Å². The number of rotatable bonds is 5. The number of nitrogens with zero attached hydrogens (tertiary/aromatic N) is 3. The molecule has 0 unspecified atom stereocenters. The lowest BCUT2D eigenvalue weighted by Crippen LogP contribution is -2.20. The average Bonchev–Trinajstić information content (AvgIpc) is 3.12. The van der Waals surface area contributed by atoms with Crippen molar-refractivity contribution in [1.82, 2.24) is 20.1 Å². The van der Waals surface area contributed by atoms with Crippen LogP contribution in [0.25, 0.3) is 0 Å². The highest BCUT2D eigenvalue weighted by molar-refractivity contribution is 9.10. The fourth-order valence-corrected chi connectivity index (χ4v) is 2.31. The summed E-state index contributed by atoms with van der Waals surface area (Å²) in [6.45, 7) is 1.08. The first-order chi connectivity index (χ1) is 9.22. The molecule has 1 aliphatic rings. The predicted octanol–water partition coefficient (Wildman–Crippen LogP) is 2.48. The van der Waals surface area contributed by atoms with E-state index in [0.717, 1.165) is 10.3 Å². The zero-order valence-electron chi connectivity index (χ0n) is 10.3. The Morgan fingerprint density at radius 3 is 3.05 bits per heavy atom. The van der Waals surface area contributed by atoms with Gasteiger partial charge in [-0.2, -0.15) is 5.10 Å². The molecule has 3 rings (SSSR count). The summed E-state index contributed by atoms with van der Waals surface area (Å²) in [5.41, 5.74) is 0.604. The second-order valence-corrected chi connectivity index (χ2v) is 5.64. The van der Waals surface area contributed by atoms with Crippen molar-refractivity contribution in [3.63, 3.8) is 0 Å². The van der Waals surface area contributed by atoms with Crippen LogP contribution in [-0.4, -0.2) is 20.8 Å². The molecule has 100 valence electrons. The van der Waals surface area contributed by atoms with Crippen LogP contribution in [0.3, 0.4) is 0 Å². The Hall–Kier alpha value is -1.27. The molecule has 0 amide bonds. The molecule has 1 N–H and O–H groups in total. The topological polar surface area (TPSA) is 42.7 Å². The molecule has 4 nitrogen and oxygen atoms in total. The summed E-state index contributed by atoms with van der Waals surface area (Å²) < 4.78 is 16.3. The first-order valence-electron chi connectivity index (χ1n) is 6.26. The second kappa shape index (κ2) is 5.38. The van der Waals surface area contributed by atoms with E-state index in [1.165, 1.54) is 25.2 Å². The minimum Gasteiger partial charge on any atom is -0.307 e. The summed E-state index contributed by atoms with van der Waals surface area (Å²) in [4.78, 5) is 4.22. The van der Waals surface area contributed by atoms with Crippen LogP contribution < -0.4 is 5.32 Å². The fourth-order valence-electron chi connectivity index (χ4n) is 1.91. The van der Waals surface area contributed by atoms with Gasteiger partial charge in [-0.05, 0) is 31.0 Å². The number of aromatic nitrogens is 3. The monoisotopic (exact) mass is 324 g/mol. The molecule has 1 aromatic heterocycles. The summed E-state index contributed by atoms with van der Waals surface area (Å²) >= 11 is 3.35. The third-order valence-electron chi connectivity index (χ3n) is 3.15. The lowest BCUT2D eigenvalue weighted by atomic mass is 10.2. The van der Waals surface area contributed by atoms with Gasteiger partial charge in [0.1, 0.15) is 18.0 Å². The van der Waals surface area contributed by atoms with Crippen LogP contribution in [0.4, 0.5) is 4.39 Å². The van der Waals surface area contributed by atoms with Crippen molar-refractivity contribution in [2.75, 3.05) is 0 Å². The standard InChI is InChI=1S/C13H14BrFN4/c14-10-1-4-12(15)9(5-10)7-19-13(17-8-18-19)6-16-11-2-3-11/h1,4-5,8,11,16H,2-3,6-7H2. The Morgan fingerprint density at radius 2 is 2.26 bits per heavy atom. The third-order valence-corrected chi connectivity index (χ3v) is 3.64. The smallest absolute Gasteiger partial charge is 0.141 e. The van der Waals surface area contributed by atoms with Gasteiger partial charge in [0.05, 0.1) is 13.1 Å². The Morgan fingerprint density at radius 1 is 1.42 bits per heavy atom. The molecule has 0 saturated heterocycles. The normalized spacial score (nSPS) is 14.8. The van der Waals surface area contributed by atoms with Gasteiger partial charge < -0.3 is 5.32 Å². The summed E-state index contributed by atoms with van der Waals surface area (Å²) in [6, 6.07) is 5.54. The molecular weight excluding hydrogens is 311 g/mol. The highest BCUT2D eigenvalue weighted by Crippen LogP contribution is 2.19. The van der Waals surface area contributed by atoms with Crippen molar-refractivity contribution in [3.8, 4) is 0 Å². The van der Waals surface area contributed by atoms with Gasteiger partial charge in [-0.3, -0.25) is 0 Å². The van der Waals surface area contributed by atoms with Gasteiger partial charge in [0.2, 0.25) is 0 Å². The van der Waals surface area contributed by atoms with Crippen molar-refractivity contribution in [3.05, 3.63) is 46.2 Å². The molecule has 1 aliphatic carbocycles. The van der Waals surface area contributed by atoms with E-state index in [9.17, 15) is 4.39 Å². The Kier molecular flexibility index (Phi) is 3.61. The van der Waals surface area contributed by atoms with E-state index in [0.29, 0.717) is 24.7 Å². The highest BCUT2D eigenvalue weighted by Gasteiger charge is 2.21. The van der Waals surface area contributed by atoms with E-state index in [4.69, 9.17) is 0 Å². The lowest BCUT2D eigenvalue weighted by Gasteiger charge is -2.08. The summed E-state index contributed by atoms with van der Waals surface area (Å²) in [7, 11) is 0. The molecule has 6 heteroatoms. The van der Waals surface area contributed by atoms with Gasteiger partial charge in [-0.1, -0.05) is 15.9 Å². The van der Waals surface area contributed by atoms with E-state index < -0.39 is 0 Å². The summed E-state index contributed by atoms with van der Waals surface area (Å²) in [5.74, 6) is 0.617. The first kappa shape index (κ1) is 12.7. The number of nitrogens with one attached hydrogen (secondary N) is 1. The van der Waals surface area contributed by atoms with Gasteiger partial charge in [-0.15, -0.1) is 0 Å². The number of halogens is 2. The maximum atomic E-state index is 13.7. The van der Waals surface area contributed by atoms with Gasteiger partial charge in [0.15, 0.2) is 0 Å². The molecular formula is C13H14BrFN4. The maximum absolute atomic E-state index is 13.7. The second-order valence-electron chi connectivity index (χ2n) is 4.72. The summed E-state index contributed by atoms with van der Waals surface area (Å²) in [5, 5.41) is 7.55. The van der Waals surface area contributed by atoms with Crippen LogP contribution in [0.5, 0.6) is 0 Å². The van der Waals surface area contributed by atoms with E-state index >= 15 is 0 Å². The van der Waals surface area contributed by atoms with Gasteiger partial charge in [0, 0.05) is 16.1 Å². The molecule has 0 radical (unpaired) electrons. The quantitative estimate of drug-likeness (QED) is 0.918. The molecule has 1 fully saturated rings. The molecule has 1 heterocycles. The molecule has 0 spiro atoms. The third kappa shape index (κ3) is 3.19. The van der Waals surface area contributed by atoms with Crippen molar-refractivity contribution < 1.29 is 4.39 Å². The summed E-state index contributed by atoms with van der Waals surface area (Å²) in [6.07, 6.45) is 3.97. The average molecular weight is 325 g/mol. The van der Waals surface area contributed by atoms with Crippen molar-refractivity contribution >= 4 is 15.9 Å². The van der Waals surface area contributed by atoms with Gasteiger partial charge >= 0.3 is 0 Å². The first-order valence-corrected chi connectivity index (χ1v) is 7.05. The van der Waals surface area contributed by atoms with E-state index in [1.54, 1.807) is 16.8 Å². The van der Waals surface area contributed by atoms with Crippen molar-refractivity contribution in [1.29, 1.82) is 0 Å². The Bertz CT molecular complexity index is 580. The van der Waals surface area contributed by atoms with Crippen molar-refractivity contribution in [2.45, 2.75) is 32.0 Å². The Labute approximate surface area is 119 Å². The highest BCUT2D eigenvalue weighted by atomic mass is 79.9. The molecule has 0 atom stereocenters. The van der Waals surface area contributed by atoms with Crippen LogP contribution in [0.15, 0.2) is 29.0 Å². The van der Waals surface area contributed by atoms with Crippen LogP contribution in [-0.2, 0) is 13.1 Å². The zero-order chi connectivity index (χ0) is 13.2. The van der Waals surface area contributed by atoms with Crippen LogP contribution in [0.1, 0.15) is 24.2 Å². The molecule has 19 heavy (non-hydrogen) atoms. The van der Waals surface area contributed by atoms with Crippen molar-refractivity contribution in [2.24, 2.45) is 0 Å². The molecule has 1 aromatic carbocycles. The minimum atomic E-state index is -0.222. The molecule has 0 bridgehead atoms. The SMILES string of the molecule is Fc1ccc(Br)cc1Cn1ncnc1CNC1CC1. The maximum Gasteiger partial charge on any atom is 0.141 e. The number of hydrogen-bond acceptors (Lipinski definition) is 3. The van der Waals surface area contributed by atoms with Crippen LogP contribution in [0, 0.1) is 5.82 Å². The van der Waals surface area contributed by atoms with Crippen LogP contribution >= 0.6 is 15.9 Å².